The van der Waals surface area contributed by atoms with E-state index in [1.807, 2.05) is 0 Å². The van der Waals surface area contributed by atoms with Crippen LogP contribution >= 0.6 is 0 Å². The summed E-state index contributed by atoms with van der Waals surface area (Å²) in [5.74, 6) is -1.14. The van der Waals surface area contributed by atoms with Gasteiger partial charge in [-0.25, -0.2) is 4.79 Å². The predicted octanol–water partition coefficient (Wildman–Crippen LogP) is 3.40. The van der Waals surface area contributed by atoms with Crippen LogP contribution in [-0.4, -0.2) is 30.6 Å². The molecule has 0 radical (unpaired) electrons. The molecule has 0 aliphatic carbocycles. The van der Waals surface area contributed by atoms with Gasteiger partial charge in [0, 0.05) is 5.56 Å². The fourth-order valence-electron chi connectivity index (χ4n) is 1.40. The van der Waals surface area contributed by atoms with Crippen molar-refractivity contribution in [2.24, 2.45) is 0 Å². The molecule has 0 N–H and O–H groups in total. The van der Waals surface area contributed by atoms with Crippen LogP contribution < -0.4 is 4.74 Å². The molecule has 0 spiro atoms. The summed E-state index contributed by atoms with van der Waals surface area (Å²) in [6.07, 6.45) is -4.06. The highest BCUT2D eigenvalue weighted by molar-refractivity contribution is 5.94. The molecule has 0 amide bonds. The number of aldehydes is 1. The van der Waals surface area contributed by atoms with Gasteiger partial charge in [-0.1, -0.05) is 0 Å². The van der Waals surface area contributed by atoms with Crippen LogP contribution in [0.15, 0.2) is 18.2 Å². The fraction of sp³-hybridized carbons (Fsp3) is 0.429. The van der Waals surface area contributed by atoms with Crippen molar-refractivity contribution >= 4 is 12.3 Å². The number of carbonyl (C=O) groups excluding carboxylic acids is 2. The van der Waals surface area contributed by atoms with Gasteiger partial charge in [-0.2, -0.15) is 13.2 Å². The van der Waals surface area contributed by atoms with Crippen LogP contribution in [-0.2, 0) is 4.74 Å². The number of hydrogen-bond donors (Lipinski definition) is 0. The number of halogens is 3. The van der Waals surface area contributed by atoms with Crippen molar-refractivity contribution in [3.05, 3.63) is 29.3 Å². The quantitative estimate of drug-likeness (QED) is 0.632. The van der Waals surface area contributed by atoms with Crippen molar-refractivity contribution < 1.29 is 32.2 Å². The van der Waals surface area contributed by atoms with Crippen LogP contribution in [0.25, 0.3) is 0 Å². The van der Waals surface area contributed by atoms with E-state index in [9.17, 15) is 22.8 Å². The summed E-state index contributed by atoms with van der Waals surface area (Å²) in [4.78, 5) is 22.7. The third kappa shape index (κ3) is 5.85. The van der Waals surface area contributed by atoms with E-state index in [1.165, 1.54) is 6.07 Å². The second-order valence-electron chi connectivity index (χ2n) is 5.28. The Balaban J connectivity index is 3.07. The molecule has 1 rings (SSSR count). The van der Waals surface area contributed by atoms with Gasteiger partial charge in [0.1, 0.15) is 23.2 Å². The lowest BCUT2D eigenvalue weighted by Crippen LogP contribution is -2.25. The Bertz CT molecular complexity index is 530. The van der Waals surface area contributed by atoms with E-state index >= 15 is 0 Å². The van der Waals surface area contributed by atoms with Gasteiger partial charge >= 0.3 is 12.1 Å². The van der Waals surface area contributed by atoms with Crippen LogP contribution in [0.2, 0.25) is 0 Å². The van der Waals surface area contributed by atoms with Gasteiger partial charge in [0.05, 0.1) is 0 Å². The molecule has 0 atom stereocenters. The van der Waals surface area contributed by atoms with Gasteiger partial charge in [0.25, 0.3) is 0 Å². The minimum Gasteiger partial charge on any atom is -0.483 e. The summed E-state index contributed by atoms with van der Waals surface area (Å²) >= 11 is 0. The highest BCUT2D eigenvalue weighted by atomic mass is 19.4. The zero-order chi connectivity index (χ0) is 16.3. The Morgan fingerprint density at radius 1 is 1.24 bits per heavy atom. The number of hydrogen-bond acceptors (Lipinski definition) is 4. The molecule has 1 aromatic rings. The molecule has 21 heavy (non-hydrogen) atoms. The molecule has 116 valence electrons. The van der Waals surface area contributed by atoms with Gasteiger partial charge in [0.15, 0.2) is 6.61 Å². The number of carbonyl (C=O) groups is 2. The molecule has 0 saturated carbocycles. The third-order valence-electron chi connectivity index (χ3n) is 2.15. The van der Waals surface area contributed by atoms with E-state index in [1.54, 1.807) is 20.8 Å². The molecule has 0 aliphatic rings. The topological polar surface area (TPSA) is 52.6 Å². The molecule has 0 saturated heterocycles. The molecular weight excluding hydrogens is 289 g/mol. The summed E-state index contributed by atoms with van der Waals surface area (Å²) in [5, 5.41) is 0. The van der Waals surface area contributed by atoms with Crippen molar-refractivity contribution in [3.63, 3.8) is 0 Å². The molecule has 4 nitrogen and oxygen atoms in total. The van der Waals surface area contributed by atoms with Gasteiger partial charge in [-0.05, 0) is 39.0 Å². The summed E-state index contributed by atoms with van der Waals surface area (Å²) in [5.41, 5.74) is -0.913. The molecule has 7 heteroatoms. The minimum atomic E-state index is -4.53. The molecular formula is C14H15F3O4. The van der Waals surface area contributed by atoms with Crippen molar-refractivity contribution in [2.75, 3.05) is 6.61 Å². The first kappa shape index (κ1) is 17.0. The number of esters is 1. The summed E-state index contributed by atoms with van der Waals surface area (Å²) in [7, 11) is 0. The van der Waals surface area contributed by atoms with E-state index in [0.29, 0.717) is 6.29 Å². The maximum Gasteiger partial charge on any atom is 0.422 e. The average Bonchev–Trinajstić information content (AvgIpc) is 2.33. The Morgan fingerprint density at radius 3 is 2.33 bits per heavy atom. The van der Waals surface area contributed by atoms with Crippen molar-refractivity contribution in [3.8, 4) is 5.75 Å². The standard InChI is InChI=1S/C14H15F3O4/c1-13(2,3)21-12(19)10-6-9(7-18)4-5-11(10)20-8-14(15,16)17/h4-7H,8H2,1-3H3. The van der Waals surface area contributed by atoms with E-state index in [-0.39, 0.29) is 16.9 Å². The molecule has 0 aromatic heterocycles. The van der Waals surface area contributed by atoms with E-state index in [0.717, 1.165) is 12.1 Å². The van der Waals surface area contributed by atoms with Crippen LogP contribution in [0.5, 0.6) is 5.75 Å². The molecule has 0 fully saturated rings. The van der Waals surface area contributed by atoms with Crippen molar-refractivity contribution in [1.82, 2.24) is 0 Å². The zero-order valence-corrected chi connectivity index (χ0v) is 11.8. The number of ether oxygens (including phenoxy) is 2. The van der Waals surface area contributed by atoms with Crippen LogP contribution in [0.3, 0.4) is 0 Å². The van der Waals surface area contributed by atoms with E-state index in [2.05, 4.69) is 4.74 Å². The van der Waals surface area contributed by atoms with Gasteiger partial charge < -0.3 is 9.47 Å². The Morgan fingerprint density at radius 2 is 1.86 bits per heavy atom. The Hall–Kier alpha value is -2.05. The van der Waals surface area contributed by atoms with Crippen LogP contribution in [0.4, 0.5) is 13.2 Å². The molecule has 0 heterocycles. The molecule has 1 aromatic carbocycles. The maximum atomic E-state index is 12.2. The highest BCUT2D eigenvalue weighted by Crippen LogP contribution is 2.25. The monoisotopic (exact) mass is 304 g/mol. The lowest BCUT2D eigenvalue weighted by Gasteiger charge is -2.21. The second kappa shape index (κ2) is 6.15. The number of alkyl halides is 3. The average molecular weight is 304 g/mol. The van der Waals surface area contributed by atoms with Crippen molar-refractivity contribution in [1.29, 1.82) is 0 Å². The summed E-state index contributed by atoms with van der Waals surface area (Å²) in [6.45, 7) is 3.31. The first-order valence-corrected chi connectivity index (χ1v) is 6.04. The molecule has 0 aliphatic heterocycles. The smallest absolute Gasteiger partial charge is 0.422 e. The zero-order valence-electron chi connectivity index (χ0n) is 11.8. The van der Waals surface area contributed by atoms with Crippen LogP contribution in [0, 0.1) is 0 Å². The first-order chi connectivity index (χ1) is 9.52. The molecule has 0 bridgehead atoms. The van der Waals surface area contributed by atoms with Crippen LogP contribution in [0.1, 0.15) is 41.5 Å². The number of benzene rings is 1. The number of rotatable bonds is 4. The third-order valence-corrected chi connectivity index (χ3v) is 2.15. The first-order valence-electron chi connectivity index (χ1n) is 6.04. The normalized spacial score (nSPS) is 11.9. The lowest BCUT2D eigenvalue weighted by atomic mass is 10.1. The van der Waals surface area contributed by atoms with E-state index in [4.69, 9.17) is 4.74 Å². The highest BCUT2D eigenvalue weighted by Gasteiger charge is 2.30. The van der Waals surface area contributed by atoms with Gasteiger partial charge in [0.2, 0.25) is 0 Å². The SMILES string of the molecule is CC(C)(C)OC(=O)c1cc(C=O)ccc1OCC(F)(F)F. The Kier molecular flexibility index (Phi) is 4.98. The summed E-state index contributed by atoms with van der Waals surface area (Å²) in [6, 6.07) is 3.52. The van der Waals surface area contributed by atoms with Crippen molar-refractivity contribution in [2.45, 2.75) is 32.5 Å². The maximum absolute atomic E-state index is 12.2. The van der Waals surface area contributed by atoms with E-state index < -0.39 is 24.4 Å². The fourth-order valence-corrected chi connectivity index (χ4v) is 1.40. The summed E-state index contributed by atoms with van der Waals surface area (Å²) < 4.78 is 46.3. The molecule has 0 unspecified atom stereocenters. The predicted molar refractivity (Wildman–Crippen MR) is 68.5 cm³/mol. The minimum absolute atomic E-state index is 0.134. The van der Waals surface area contributed by atoms with Gasteiger partial charge in [-0.3, -0.25) is 4.79 Å². The Labute approximate surface area is 119 Å². The van der Waals surface area contributed by atoms with Gasteiger partial charge in [-0.15, -0.1) is 0 Å². The second-order valence-corrected chi connectivity index (χ2v) is 5.28. The lowest BCUT2D eigenvalue weighted by molar-refractivity contribution is -0.153. The largest absolute Gasteiger partial charge is 0.483 e.